The van der Waals surface area contributed by atoms with Crippen LogP contribution in [-0.2, 0) is 4.79 Å². The number of benzene rings is 1. The van der Waals surface area contributed by atoms with Gasteiger partial charge in [-0.3, -0.25) is 4.79 Å². The number of amides is 1. The van der Waals surface area contributed by atoms with Crippen LogP contribution in [0.4, 0.5) is 0 Å². The Bertz CT molecular complexity index is 394. The first kappa shape index (κ1) is 11.9. The average molecular weight is 230 g/mol. The summed E-state index contributed by atoms with van der Waals surface area (Å²) in [6, 6.07) is 10.2. The molecule has 0 radical (unpaired) electrons. The van der Waals surface area contributed by atoms with Gasteiger partial charge >= 0.3 is 0 Å². The van der Waals surface area contributed by atoms with Gasteiger partial charge in [-0.15, -0.1) is 0 Å². The van der Waals surface area contributed by atoms with E-state index >= 15 is 0 Å². The minimum absolute atomic E-state index is 0.0718. The molecule has 1 aliphatic rings. The third-order valence-corrected chi connectivity index (χ3v) is 3.15. The Labute approximate surface area is 102 Å². The van der Waals surface area contributed by atoms with E-state index in [0.717, 1.165) is 25.1 Å². The van der Waals surface area contributed by atoms with Crippen LogP contribution in [0.25, 0.3) is 6.08 Å². The quantitative estimate of drug-likeness (QED) is 0.798. The molecular formula is C14H18N2O. The second kappa shape index (κ2) is 5.64. The Kier molecular flexibility index (Phi) is 3.94. The van der Waals surface area contributed by atoms with Crippen molar-refractivity contribution in [2.45, 2.75) is 12.5 Å². The van der Waals surface area contributed by atoms with E-state index in [2.05, 4.69) is 5.32 Å². The van der Waals surface area contributed by atoms with E-state index in [0.29, 0.717) is 6.04 Å². The minimum atomic E-state index is 0.0718. The second-order valence-electron chi connectivity index (χ2n) is 4.34. The molecule has 1 aromatic rings. The Balaban J connectivity index is 1.94. The van der Waals surface area contributed by atoms with Gasteiger partial charge in [0.2, 0.25) is 5.91 Å². The first-order valence-electron chi connectivity index (χ1n) is 5.98. The lowest BCUT2D eigenvalue weighted by molar-refractivity contribution is -0.126. The number of rotatable bonds is 3. The number of carbonyl (C=O) groups excluding carboxylic acids is 1. The molecule has 1 heterocycles. The normalized spacial score (nSPS) is 19.7. The van der Waals surface area contributed by atoms with E-state index < -0.39 is 0 Å². The van der Waals surface area contributed by atoms with E-state index in [1.54, 1.807) is 6.08 Å². The molecule has 2 rings (SSSR count). The van der Waals surface area contributed by atoms with E-state index in [1.807, 2.05) is 48.4 Å². The summed E-state index contributed by atoms with van der Waals surface area (Å²) in [4.78, 5) is 13.7. The largest absolute Gasteiger partial charge is 0.338 e. The van der Waals surface area contributed by atoms with Crippen LogP contribution < -0.4 is 5.32 Å². The van der Waals surface area contributed by atoms with Crippen molar-refractivity contribution < 1.29 is 4.79 Å². The highest BCUT2D eigenvalue weighted by Gasteiger charge is 2.21. The van der Waals surface area contributed by atoms with Crippen molar-refractivity contribution in [2.24, 2.45) is 0 Å². The number of nitrogens with one attached hydrogen (secondary N) is 1. The van der Waals surface area contributed by atoms with Crippen LogP contribution in [-0.4, -0.2) is 37.0 Å². The molecule has 1 aromatic carbocycles. The lowest BCUT2D eigenvalue weighted by atomic mass is 10.2. The fourth-order valence-corrected chi connectivity index (χ4v) is 2.00. The van der Waals surface area contributed by atoms with Gasteiger partial charge in [-0.25, -0.2) is 0 Å². The molecule has 90 valence electrons. The van der Waals surface area contributed by atoms with Crippen molar-refractivity contribution in [2.75, 3.05) is 20.1 Å². The Morgan fingerprint density at radius 1 is 1.41 bits per heavy atom. The molecule has 0 spiro atoms. The molecular weight excluding hydrogens is 212 g/mol. The van der Waals surface area contributed by atoms with Crippen LogP contribution in [0.1, 0.15) is 12.0 Å². The predicted molar refractivity (Wildman–Crippen MR) is 69.5 cm³/mol. The number of hydrogen-bond donors (Lipinski definition) is 1. The van der Waals surface area contributed by atoms with Gasteiger partial charge in [0.15, 0.2) is 0 Å². The Hall–Kier alpha value is -1.61. The third-order valence-electron chi connectivity index (χ3n) is 3.15. The number of carbonyl (C=O) groups is 1. The first-order chi connectivity index (χ1) is 8.27. The van der Waals surface area contributed by atoms with Gasteiger partial charge in [-0.05, 0) is 24.6 Å². The highest BCUT2D eigenvalue weighted by molar-refractivity contribution is 5.91. The topological polar surface area (TPSA) is 32.3 Å². The van der Waals surface area contributed by atoms with Crippen molar-refractivity contribution in [3.05, 3.63) is 42.0 Å². The molecule has 0 aliphatic carbocycles. The van der Waals surface area contributed by atoms with Crippen molar-refractivity contribution >= 4 is 12.0 Å². The molecule has 1 aliphatic heterocycles. The standard InChI is InChI=1S/C14H18N2O/c1-16(13-9-10-15-11-13)14(17)8-7-12-5-3-2-4-6-12/h2-8,13,15H,9-11H2,1H3/b8-7+. The smallest absolute Gasteiger partial charge is 0.246 e. The van der Waals surface area contributed by atoms with Gasteiger partial charge < -0.3 is 10.2 Å². The molecule has 1 fully saturated rings. The van der Waals surface area contributed by atoms with Crippen molar-refractivity contribution in [3.8, 4) is 0 Å². The van der Waals surface area contributed by atoms with Crippen LogP contribution in [0.3, 0.4) is 0 Å². The SMILES string of the molecule is CN(C(=O)/C=C/c1ccccc1)C1CCNC1. The van der Waals surface area contributed by atoms with Crippen LogP contribution in [0.5, 0.6) is 0 Å². The van der Waals surface area contributed by atoms with Crippen molar-refractivity contribution in [1.82, 2.24) is 10.2 Å². The van der Waals surface area contributed by atoms with Gasteiger partial charge in [-0.2, -0.15) is 0 Å². The summed E-state index contributed by atoms with van der Waals surface area (Å²) in [7, 11) is 1.87. The highest BCUT2D eigenvalue weighted by atomic mass is 16.2. The van der Waals surface area contributed by atoms with E-state index in [9.17, 15) is 4.79 Å². The molecule has 0 bridgehead atoms. The summed E-state index contributed by atoms with van der Waals surface area (Å²) < 4.78 is 0. The Morgan fingerprint density at radius 2 is 2.18 bits per heavy atom. The molecule has 1 N–H and O–H groups in total. The minimum Gasteiger partial charge on any atom is -0.338 e. The lowest BCUT2D eigenvalue weighted by Crippen LogP contribution is -2.37. The zero-order chi connectivity index (χ0) is 12.1. The summed E-state index contributed by atoms with van der Waals surface area (Å²) in [5.74, 6) is 0.0718. The van der Waals surface area contributed by atoms with Gasteiger partial charge in [0.25, 0.3) is 0 Å². The van der Waals surface area contributed by atoms with Gasteiger partial charge in [0.05, 0.1) is 0 Å². The molecule has 3 nitrogen and oxygen atoms in total. The maximum absolute atomic E-state index is 11.9. The van der Waals surface area contributed by atoms with Crippen LogP contribution >= 0.6 is 0 Å². The molecule has 1 amide bonds. The van der Waals surface area contributed by atoms with Crippen molar-refractivity contribution in [1.29, 1.82) is 0 Å². The molecule has 1 atom stereocenters. The van der Waals surface area contributed by atoms with E-state index in [-0.39, 0.29) is 5.91 Å². The molecule has 1 unspecified atom stereocenters. The molecule has 17 heavy (non-hydrogen) atoms. The fourth-order valence-electron chi connectivity index (χ4n) is 2.00. The van der Waals surface area contributed by atoms with E-state index in [1.165, 1.54) is 0 Å². The summed E-state index contributed by atoms with van der Waals surface area (Å²) in [5, 5.41) is 3.26. The molecule has 3 heteroatoms. The average Bonchev–Trinajstić information content (AvgIpc) is 2.90. The predicted octanol–water partition coefficient (Wildman–Crippen LogP) is 1.52. The number of hydrogen-bond acceptors (Lipinski definition) is 2. The second-order valence-corrected chi connectivity index (χ2v) is 4.34. The zero-order valence-corrected chi connectivity index (χ0v) is 10.1. The summed E-state index contributed by atoms with van der Waals surface area (Å²) in [6.07, 6.45) is 4.55. The third kappa shape index (κ3) is 3.17. The van der Waals surface area contributed by atoms with Crippen LogP contribution in [0, 0.1) is 0 Å². The highest BCUT2D eigenvalue weighted by Crippen LogP contribution is 2.08. The van der Waals surface area contributed by atoms with Gasteiger partial charge in [0.1, 0.15) is 0 Å². The van der Waals surface area contributed by atoms with Crippen molar-refractivity contribution in [3.63, 3.8) is 0 Å². The summed E-state index contributed by atoms with van der Waals surface area (Å²) in [6.45, 7) is 1.91. The fraction of sp³-hybridized carbons (Fsp3) is 0.357. The summed E-state index contributed by atoms with van der Waals surface area (Å²) in [5.41, 5.74) is 1.05. The lowest BCUT2D eigenvalue weighted by Gasteiger charge is -2.22. The Morgan fingerprint density at radius 3 is 2.82 bits per heavy atom. The van der Waals surface area contributed by atoms with E-state index in [4.69, 9.17) is 0 Å². The molecule has 0 saturated carbocycles. The molecule has 1 saturated heterocycles. The monoisotopic (exact) mass is 230 g/mol. The van der Waals surface area contributed by atoms with Crippen LogP contribution in [0.2, 0.25) is 0 Å². The summed E-state index contributed by atoms with van der Waals surface area (Å²) >= 11 is 0. The number of likely N-dealkylation sites (N-methyl/N-ethyl adjacent to an activating group) is 1. The van der Waals surface area contributed by atoms with Gasteiger partial charge in [-0.1, -0.05) is 30.3 Å². The van der Waals surface area contributed by atoms with Gasteiger partial charge in [0, 0.05) is 25.7 Å². The maximum atomic E-state index is 11.9. The van der Waals surface area contributed by atoms with Crippen LogP contribution in [0.15, 0.2) is 36.4 Å². The number of nitrogens with zero attached hydrogens (tertiary/aromatic N) is 1. The maximum Gasteiger partial charge on any atom is 0.246 e. The zero-order valence-electron chi connectivity index (χ0n) is 10.1. The first-order valence-corrected chi connectivity index (χ1v) is 5.98. The molecule has 0 aromatic heterocycles.